The summed E-state index contributed by atoms with van der Waals surface area (Å²) in [5.74, 6) is 0.210. The van der Waals surface area contributed by atoms with Crippen molar-refractivity contribution in [3.8, 4) is 0 Å². The van der Waals surface area contributed by atoms with Gasteiger partial charge in [0.15, 0.2) is 0 Å². The van der Waals surface area contributed by atoms with Crippen molar-refractivity contribution in [2.24, 2.45) is 7.05 Å². The van der Waals surface area contributed by atoms with Gasteiger partial charge in [-0.2, -0.15) is 4.80 Å². The zero-order chi connectivity index (χ0) is 13.2. The van der Waals surface area contributed by atoms with Crippen molar-refractivity contribution < 1.29 is 8.42 Å². The van der Waals surface area contributed by atoms with Crippen LogP contribution in [0.5, 0.6) is 0 Å². The second-order valence-corrected chi connectivity index (χ2v) is 4.88. The van der Waals surface area contributed by atoms with Crippen LogP contribution in [0.2, 0.25) is 0 Å². The third kappa shape index (κ3) is 2.51. The lowest BCUT2D eigenvalue weighted by Gasteiger charge is -2.03. The highest BCUT2D eigenvalue weighted by Crippen LogP contribution is 2.10. The van der Waals surface area contributed by atoms with Crippen LogP contribution in [0.3, 0.4) is 0 Å². The fourth-order valence-electron chi connectivity index (χ4n) is 1.09. The normalized spacial score (nSPS) is 11.2. The summed E-state index contributed by atoms with van der Waals surface area (Å²) in [6.45, 7) is 0. The average molecular weight is 270 g/mol. The molecule has 18 heavy (non-hydrogen) atoms. The van der Waals surface area contributed by atoms with E-state index >= 15 is 0 Å². The van der Waals surface area contributed by atoms with E-state index in [9.17, 15) is 8.42 Å². The molecule has 0 bridgehead atoms. The molecular formula is C7H10N8O2S. The minimum Gasteiger partial charge on any atom is -0.357 e. The van der Waals surface area contributed by atoms with E-state index in [1.807, 2.05) is 0 Å². The molecule has 2 aromatic heterocycles. The minimum absolute atomic E-state index is 0.0889. The van der Waals surface area contributed by atoms with E-state index in [0.717, 1.165) is 4.80 Å². The Hall–Kier alpha value is -2.30. The Balaban J connectivity index is 2.24. The Kier molecular flexibility index (Phi) is 3.06. The lowest BCUT2D eigenvalue weighted by molar-refractivity contribution is 0.599. The molecule has 0 atom stereocenters. The summed E-state index contributed by atoms with van der Waals surface area (Å²) in [6, 6.07) is 0. The van der Waals surface area contributed by atoms with Crippen molar-refractivity contribution >= 4 is 21.9 Å². The fraction of sp³-hybridized carbons (Fsp3) is 0.286. The van der Waals surface area contributed by atoms with Gasteiger partial charge >= 0.3 is 0 Å². The van der Waals surface area contributed by atoms with Crippen LogP contribution in [0.1, 0.15) is 0 Å². The molecule has 0 saturated heterocycles. The summed E-state index contributed by atoms with van der Waals surface area (Å²) in [4.78, 5) is 8.66. The third-order valence-electron chi connectivity index (χ3n) is 1.90. The first-order chi connectivity index (χ1) is 8.51. The summed E-state index contributed by atoms with van der Waals surface area (Å²) in [6.07, 6.45) is 2.36. The molecule has 2 heterocycles. The van der Waals surface area contributed by atoms with Gasteiger partial charge < -0.3 is 5.32 Å². The predicted molar refractivity (Wildman–Crippen MR) is 61.2 cm³/mol. The molecule has 2 aromatic rings. The van der Waals surface area contributed by atoms with Crippen molar-refractivity contribution in [3.05, 3.63) is 12.4 Å². The van der Waals surface area contributed by atoms with Crippen LogP contribution in [-0.2, 0) is 17.1 Å². The number of rotatable bonds is 4. The molecule has 11 heteroatoms. The standard InChI is InChI=1S/C7H10N8O2S/c1-8-6-9-3-5(4-10-6)18(16,17)13-7-11-14-15(2)12-7/h3-4H,1-2H3,(H,12,13)(H,8,9,10). The van der Waals surface area contributed by atoms with Crippen molar-refractivity contribution in [1.82, 2.24) is 30.2 Å². The number of tetrazole rings is 1. The molecule has 0 unspecified atom stereocenters. The van der Waals surface area contributed by atoms with Gasteiger partial charge in [0.2, 0.25) is 5.95 Å². The van der Waals surface area contributed by atoms with Crippen molar-refractivity contribution in [2.75, 3.05) is 17.1 Å². The van der Waals surface area contributed by atoms with Crippen LogP contribution in [-0.4, -0.2) is 45.6 Å². The largest absolute Gasteiger partial charge is 0.357 e. The molecule has 0 fully saturated rings. The first-order valence-corrected chi connectivity index (χ1v) is 6.26. The van der Waals surface area contributed by atoms with E-state index in [1.165, 1.54) is 19.4 Å². The molecule has 10 nitrogen and oxygen atoms in total. The summed E-state index contributed by atoms with van der Waals surface area (Å²) < 4.78 is 25.9. The molecule has 0 saturated carbocycles. The molecule has 0 spiro atoms. The van der Waals surface area contributed by atoms with Crippen LogP contribution < -0.4 is 10.0 Å². The lowest BCUT2D eigenvalue weighted by Crippen LogP contribution is -2.15. The van der Waals surface area contributed by atoms with Gasteiger partial charge in [-0.3, -0.25) is 0 Å². The van der Waals surface area contributed by atoms with E-state index in [2.05, 4.69) is 35.4 Å². The molecule has 0 aliphatic heterocycles. The number of sulfonamides is 1. The Morgan fingerprint density at radius 1 is 1.22 bits per heavy atom. The smallest absolute Gasteiger partial charge is 0.277 e. The van der Waals surface area contributed by atoms with E-state index in [0.29, 0.717) is 5.95 Å². The average Bonchev–Trinajstić information content (AvgIpc) is 2.74. The molecule has 2 rings (SSSR count). The Bertz CT molecular complexity index is 634. The zero-order valence-corrected chi connectivity index (χ0v) is 10.4. The van der Waals surface area contributed by atoms with Gasteiger partial charge in [0.1, 0.15) is 4.90 Å². The van der Waals surface area contributed by atoms with Crippen molar-refractivity contribution in [2.45, 2.75) is 4.90 Å². The Labute approximate surface area is 103 Å². The van der Waals surface area contributed by atoms with Crippen molar-refractivity contribution in [3.63, 3.8) is 0 Å². The molecule has 0 aliphatic carbocycles. The molecule has 0 aromatic carbocycles. The van der Waals surface area contributed by atoms with Gasteiger partial charge in [0.05, 0.1) is 19.4 Å². The van der Waals surface area contributed by atoms with E-state index in [1.54, 1.807) is 7.05 Å². The molecule has 96 valence electrons. The SMILES string of the molecule is CNc1ncc(S(=O)(=O)Nc2nnn(C)n2)cn1. The summed E-state index contributed by atoms with van der Waals surface area (Å²) in [5.41, 5.74) is 0. The van der Waals surface area contributed by atoms with Crippen LogP contribution in [0.4, 0.5) is 11.9 Å². The van der Waals surface area contributed by atoms with Crippen molar-refractivity contribution in [1.29, 1.82) is 0 Å². The molecule has 0 aliphatic rings. The van der Waals surface area contributed by atoms with Crippen LogP contribution >= 0.6 is 0 Å². The number of nitrogens with one attached hydrogen (secondary N) is 2. The van der Waals surface area contributed by atoms with Gasteiger partial charge in [-0.05, 0) is 5.21 Å². The number of aromatic nitrogens is 6. The highest BCUT2D eigenvalue weighted by Gasteiger charge is 2.17. The molecule has 2 N–H and O–H groups in total. The number of hydrogen-bond donors (Lipinski definition) is 2. The highest BCUT2D eigenvalue weighted by molar-refractivity contribution is 7.92. The number of nitrogens with zero attached hydrogens (tertiary/aromatic N) is 6. The molecule has 0 amide bonds. The van der Waals surface area contributed by atoms with Gasteiger partial charge in [-0.15, -0.1) is 5.10 Å². The van der Waals surface area contributed by atoms with Crippen LogP contribution in [0, 0.1) is 0 Å². The monoisotopic (exact) mass is 270 g/mol. The maximum absolute atomic E-state index is 11.9. The molecular weight excluding hydrogens is 260 g/mol. The van der Waals surface area contributed by atoms with Crippen LogP contribution in [0.15, 0.2) is 17.3 Å². The van der Waals surface area contributed by atoms with Gasteiger partial charge in [0.25, 0.3) is 16.0 Å². The second-order valence-electron chi connectivity index (χ2n) is 3.20. The Morgan fingerprint density at radius 2 is 1.89 bits per heavy atom. The zero-order valence-electron chi connectivity index (χ0n) is 9.56. The third-order valence-corrected chi connectivity index (χ3v) is 3.18. The summed E-state index contributed by atoms with van der Waals surface area (Å²) in [5, 5.41) is 13.4. The van der Waals surface area contributed by atoms with Crippen LogP contribution in [0.25, 0.3) is 0 Å². The minimum atomic E-state index is -3.81. The molecule has 0 radical (unpaired) electrons. The highest BCUT2D eigenvalue weighted by atomic mass is 32.2. The number of aryl methyl sites for hydroxylation is 1. The predicted octanol–water partition coefficient (Wildman–Crippen LogP) is -1.16. The summed E-state index contributed by atoms with van der Waals surface area (Å²) >= 11 is 0. The quantitative estimate of drug-likeness (QED) is 0.712. The van der Waals surface area contributed by atoms with E-state index < -0.39 is 10.0 Å². The lowest BCUT2D eigenvalue weighted by atomic mass is 10.7. The first kappa shape index (κ1) is 12.2. The Morgan fingerprint density at radius 3 is 2.39 bits per heavy atom. The van der Waals surface area contributed by atoms with Gasteiger partial charge in [0, 0.05) is 7.05 Å². The first-order valence-electron chi connectivity index (χ1n) is 4.78. The summed E-state index contributed by atoms with van der Waals surface area (Å²) in [7, 11) is -0.652. The maximum atomic E-state index is 11.9. The van der Waals surface area contributed by atoms with Gasteiger partial charge in [-0.1, -0.05) is 5.10 Å². The second kappa shape index (κ2) is 4.52. The number of hydrogen-bond acceptors (Lipinski definition) is 8. The topological polar surface area (TPSA) is 128 Å². The fourth-order valence-corrected chi connectivity index (χ4v) is 1.91. The van der Waals surface area contributed by atoms with E-state index in [-0.39, 0.29) is 10.8 Å². The maximum Gasteiger partial charge on any atom is 0.277 e. The van der Waals surface area contributed by atoms with E-state index in [4.69, 9.17) is 0 Å². The van der Waals surface area contributed by atoms with Gasteiger partial charge in [-0.25, -0.2) is 23.1 Å². The number of anilines is 2.